The van der Waals surface area contributed by atoms with Crippen molar-refractivity contribution in [3.05, 3.63) is 65.7 Å². The number of rotatable bonds is 5. The lowest BCUT2D eigenvalue weighted by molar-refractivity contribution is -0.872. The number of hydrogen-bond donors (Lipinski definition) is 1. The van der Waals surface area contributed by atoms with Crippen LogP contribution in [0.1, 0.15) is 11.1 Å². The van der Waals surface area contributed by atoms with Crippen molar-refractivity contribution in [2.24, 2.45) is 0 Å². The molecule has 0 atom stereocenters. The molecule has 0 unspecified atom stereocenters. The van der Waals surface area contributed by atoms with E-state index in [1.165, 1.54) is 16.0 Å². The van der Waals surface area contributed by atoms with E-state index >= 15 is 0 Å². The Kier molecular flexibility index (Phi) is 4.37. The zero-order chi connectivity index (χ0) is 12.8. The molecule has 18 heavy (non-hydrogen) atoms. The highest BCUT2D eigenvalue weighted by atomic mass is 16.5. The van der Waals surface area contributed by atoms with Crippen molar-refractivity contribution in [2.45, 2.75) is 13.2 Å². The summed E-state index contributed by atoms with van der Waals surface area (Å²) in [4.78, 5) is 1.39. The minimum absolute atomic E-state index is 0.626. The standard InChI is InChI=1S/C16H19NO/c1-17(2)12-15-10-6-7-11-16(15)18-13-14-8-4-3-5-9-14/h3-11H,12-13H2,1-2H3/p+1. The van der Waals surface area contributed by atoms with Crippen LogP contribution in [-0.2, 0) is 13.2 Å². The topological polar surface area (TPSA) is 13.7 Å². The van der Waals surface area contributed by atoms with E-state index in [1.807, 2.05) is 30.3 Å². The van der Waals surface area contributed by atoms with Gasteiger partial charge < -0.3 is 9.64 Å². The molecule has 94 valence electrons. The van der Waals surface area contributed by atoms with Crippen molar-refractivity contribution in [2.75, 3.05) is 14.1 Å². The lowest BCUT2D eigenvalue weighted by Crippen LogP contribution is -3.04. The zero-order valence-electron chi connectivity index (χ0n) is 11.0. The normalized spacial score (nSPS) is 10.6. The molecule has 2 aromatic rings. The Morgan fingerprint density at radius 2 is 1.56 bits per heavy atom. The molecule has 2 nitrogen and oxygen atoms in total. The van der Waals surface area contributed by atoms with E-state index in [-0.39, 0.29) is 0 Å². The Labute approximate surface area is 109 Å². The van der Waals surface area contributed by atoms with Crippen LogP contribution < -0.4 is 9.64 Å². The maximum absolute atomic E-state index is 5.91. The summed E-state index contributed by atoms with van der Waals surface area (Å²) in [5, 5.41) is 0. The van der Waals surface area contributed by atoms with Crippen LogP contribution in [0, 0.1) is 0 Å². The number of ether oxygens (including phenoxy) is 1. The minimum Gasteiger partial charge on any atom is -0.488 e. The molecular formula is C16H20NO+. The molecule has 0 aliphatic heterocycles. The number of nitrogens with one attached hydrogen (secondary N) is 1. The van der Waals surface area contributed by atoms with Gasteiger partial charge in [-0.25, -0.2) is 0 Å². The summed E-state index contributed by atoms with van der Waals surface area (Å²) in [6, 6.07) is 18.5. The Hall–Kier alpha value is -1.80. The summed E-state index contributed by atoms with van der Waals surface area (Å²) in [5.74, 6) is 0.988. The molecule has 0 radical (unpaired) electrons. The van der Waals surface area contributed by atoms with Crippen LogP contribution in [0.5, 0.6) is 5.75 Å². The van der Waals surface area contributed by atoms with Gasteiger partial charge in [0, 0.05) is 5.56 Å². The van der Waals surface area contributed by atoms with E-state index < -0.39 is 0 Å². The van der Waals surface area contributed by atoms with E-state index in [2.05, 4.69) is 38.4 Å². The summed E-state index contributed by atoms with van der Waals surface area (Å²) >= 11 is 0. The van der Waals surface area contributed by atoms with Gasteiger partial charge in [-0.1, -0.05) is 42.5 Å². The lowest BCUT2D eigenvalue weighted by Gasteiger charge is -2.13. The maximum atomic E-state index is 5.91. The minimum atomic E-state index is 0.626. The van der Waals surface area contributed by atoms with E-state index in [4.69, 9.17) is 4.74 Å². The first kappa shape index (κ1) is 12.7. The highest BCUT2D eigenvalue weighted by Gasteiger charge is 2.06. The molecule has 0 aromatic heterocycles. The largest absolute Gasteiger partial charge is 0.488 e. The van der Waals surface area contributed by atoms with Crippen molar-refractivity contribution in [1.82, 2.24) is 0 Å². The Balaban J connectivity index is 2.05. The quantitative estimate of drug-likeness (QED) is 0.845. The molecular weight excluding hydrogens is 222 g/mol. The second kappa shape index (κ2) is 6.22. The molecule has 0 saturated heterocycles. The van der Waals surface area contributed by atoms with Gasteiger partial charge in [0.05, 0.1) is 14.1 Å². The van der Waals surface area contributed by atoms with Crippen LogP contribution in [-0.4, -0.2) is 14.1 Å². The van der Waals surface area contributed by atoms with Crippen LogP contribution in [0.15, 0.2) is 54.6 Å². The first-order valence-corrected chi connectivity index (χ1v) is 6.29. The van der Waals surface area contributed by atoms with Gasteiger partial charge in [-0.2, -0.15) is 0 Å². The molecule has 0 heterocycles. The van der Waals surface area contributed by atoms with Crippen LogP contribution in [0.4, 0.5) is 0 Å². The third-order valence-corrected chi connectivity index (χ3v) is 2.75. The fourth-order valence-corrected chi connectivity index (χ4v) is 1.91. The van der Waals surface area contributed by atoms with Gasteiger partial charge in [0.2, 0.25) is 0 Å². The van der Waals surface area contributed by atoms with Crippen LogP contribution in [0.2, 0.25) is 0 Å². The van der Waals surface area contributed by atoms with Gasteiger partial charge in [-0.15, -0.1) is 0 Å². The first-order chi connectivity index (χ1) is 8.75. The number of quaternary nitrogens is 1. The smallest absolute Gasteiger partial charge is 0.128 e. The number of benzene rings is 2. The van der Waals surface area contributed by atoms with Crippen molar-refractivity contribution in [3.63, 3.8) is 0 Å². The summed E-state index contributed by atoms with van der Waals surface area (Å²) < 4.78 is 5.91. The number of hydrogen-bond acceptors (Lipinski definition) is 1. The highest BCUT2D eigenvalue weighted by Crippen LogP contribution is 2.18. The van der Waals surface area contributed by atoms with Gasteiger partial charge in [-0.3, -0.25) is 0 Å². The van der Waals surface area contributed by atoms with E-state index in [0.717, 1.165) is 12.3 Å². The summed E-state index contributed by atoms with van der Waals surface area (Å²) in [6.45, 7) is 1.60. The van der Waals surface area contributed by atoms with Crippen LogP contribution >= 0.6 is 0 Å². The molecule has 0 fully saturated rings. The van der Waals surface area contributed by atoms with E-state index in [1.54, 1.807) is 0 Å². The average Bonchev–Trinajstić information content (AvgIpc) is 2.38. The molecule has 0 saturated carbocycles. The molecule has 0 amide bonds. The fourth-order valence-electron chi connectivity index (χ4n) is 1.91. The Morgan fingerprint density at radius 1 is 0.889 bits per heavy atom. The fraction of sp³-hybridized carbons (Fsp3) is 0.250. The molecule has 2 heteroatoms. The Morgan fingerprint density at radius 3 is 2.28 bits per heavy atom. The van der Waals surface area contributed by atoms with Crippen molar-refractivity contribution in [3.8, 4) is 5.75 Å². The molecule has 0 aliphatic rings. The third-order valence-electron chi connectivity index (χ3n) is 2.75. The molecule has 2 rings (SSSR count). The molecule has 1 N–H and O–H groups in total. The summed E-state index contributed by atoms with van der Waals surface area (Å²) in [6.07, 6.45) is 0. The van der Waals surface area contributed by atoms with Gasteiger partial charge in [-0.05, 0) is 17.7 Å². The van der Waals surface area contributed by atoms with Crippen LogP contribution in [0.25, 0.3) is 0 Å². The molecule has 0 aliphatic carbocycles. The SMILES string of the molecule is C[NH+](C)Cc1ccccc1OCc1ccccc1. The highest BCUT2D eigenvalue weighted by molar-refractivity contribution is 5.32. The monoisotopic (exact) mass is 242 g/mol. The Bertz CT molecular complexity index is 479. The second-order valence-corrected chi connectivity index (χ2v) is 4.77. The number of para-hydroxylation sites is 1. The van der Waals surface area contributed by atoms with Gasteiger partial charge in [0.1, 0.15) is 18.9 Å². The summed E-state index contributed by atoms with van der Waals surface area (Å²) in [7, 11) is 4.29. The molecule has 0 spiro atoms. The molecule has 0 bridgehead atoms. The van der Waals surface area contributed by atoms with Crippen LogP contribution in [0.3, 0.4) is 0 Å². The first-order valence-electron chi connectivity index (χ1n) is 6.29. The second-order valence-electron chi connectivity index (χ2n) is 4.77. The van der Waals surface area contributed by atoms with Crippen molar-refractivity contribution >= 4 is 0 Å². The van der Waals surface area contributed by atoms with Crippen molar-refractivity contribution < 1.29 is 9.64 Å². The predicted molar refractivity (Wildman–Crippen MR) is 73.7 cm³/mol. The van der Waals surface area contributed by atoms with E-state index in [9.17, 15) is 0 Å². The van der Waals surface area contributed by atoms with Gasteiger partial charge in [0.15, 0.2) is 0 Å². The molecule has 2 aromatic carbocycles. The maximum Gasteiger partial charge on any atom is 0.128 e. The van der Waals surface area contributed by atoms with Gasteiger partial charge in [0.25, 0.3) is 0 Å². The zero-order valence-corrected chi connectivity index (χ0v) is 11.0. The summed E-state index contributed by atoms with van der Waals surface area (Å²) in [5.41, 5.74) is 2.46. The average molecular weight is 242 g/mol. The van der Waals surface area contributed by atoms with E-state index in [0.29, 0.717) is 6.61 Å². The lowest BCUT2D eigenvalue weighted by atomic mass is 10.2. The third kappa shape index (κ3) is 3.60. The van der Waals surface area contributed by atoms with Gasteiger partial charge >= 0.3 is 0 Å². The predicted octanol–water partition coefficient (Wildman–Crippen LogP) is 1.91. The van der Waals surface area contributed by atoms with Crippen molar-refractivity contribution in [1.29, 1.82) is 0 Å².